The van der Waals surface area contributed by atoms with Crippen molar-refractivity contribution in [2.75, 3.05) is 52.1 Å². The van der Waals surface area contributed by atoms with Crippen molar-refractivity contribution in [3.8, 4) is 0 Å². The lowest BCUT2D eigenvalue weighted by Crippen LogP contribution is -2.30. The fraction of sp³-hybridized carbons (Fsp3) is 0.400. The summed E-state index contributed by atoms with van der Waals surface area (Å²) in [6.45, 7) is 22.4. The molecule has 0 aromatic heterocycles. The summed E-state index contributed by atoms with van der Waals surface area (Å²) in [4.78, 5) is 26.0. The van der Waals surface area contributed by atoms with Gasteiger partial charge in [0.15, 0.2) is 5.76 Å². The first-order valence-corrected chi connectivity index (χ1v) is 17.3. The molecule has 0 radical (unpaired) electrons. The number of nitrogens with zero attached hydrogens (tertiary/aromatic N) is 4. The van der Waals surface area contributed by atoms with Crippen molar-refractivity contribution in [3.05, 3.63) is 96.0 Å². The molecule has 0 atom stereocenters. The number of methoxy groups -OCH3 is 1. The molecule has 3 aromatic rings. The number of nitrogens with one attached hydrogen (secondary N) is 2. The number of anilines is 5. The highest BCUT2D eigenvalue weighted by atomic mass is 16.5. The molecule has 0 amide bonds. The van der Waals surface area contributed by atoms with E-state index in [1.54, 1.807) is 6.08 Å². The quantitative estimate of drug-likeness (QED) is 0.159. The zero-order valence-corrected chi connectivity index (χ0v) is 30.5. The van der Waals surface area contributed by atoms with Crippen LogP contribution in [0.2, 0.25) is 0 Å². The van der Waals surface area contributed by atoms with E-state index in [-0.39, 0.29) is 11.5 Å². The Morgan fingerprint density at radius 2 is 1.02 bits per heavy atom. The van der Waals surface area contributed by atoms with Crippen LogP contribution in [0.25, 0.3) is 0 Å². The molecule has 48 heavy (non-hydrogen) atoms. The van der Waals surface area contributed by atoms with Gasteiger partial charge in [0.1, 0.15) is 5.70 Å². The van der Waals surface area contributed by atoms with E-state index >= 15 is 0 Å². The van der Waals surface area contributed by atoms with Gasteiger partial charge in [-0.3, -0.25) is 4.79 Å². The standard InChI is InChI=1S/C40H54N6O2/c1-11-44(27(4)5)33-20-14-30(15-21-33)41-36-26-37(42-31-16-22-34(23-17-31)45(12-2)28(6)7)39(47)40(48-10)38(36)43-32-18-24-35(25-19-32)46(13-3)29(8)9/h14-29,42-43H,11-13H2,1-10H3. The predicted molar refractivity (Wildman–Crippen MR) is 205 cm³/mol. The Balaban J connectivity index is 1.73. The van der Waals surface area contributed by atoms with Crippen molar-refractivity contribution in [2.24, 2.45) is 4.99 Å². The van der Waals surface area contributed by atoms with Crippen molar-refractivity contribution < 1.29 is 9.53 Å². The third kappa shape index (κ3) is 8.40. The van der Waals surface area contributed by atoms with Gasteiger partial charge >= 0.3 is 0 Å². The molecule has 8 heteroatoms. The van der Waals surface area contributed by atoms with Crippen molar-refractivity contribution in [1.29, 1.82) is 0 Å². The molecule has 4 rings (SSSR count). The molecule has 1 aliphatic rings. The SMILES string of the molecule is CCN(c1ccc(N=C2C=C(Nc3ccc(N(CC)C(C)C)cc3)C(=O)C(OC)=C2Nc2ccc(N(CC)C(C)C)cc2)cc1)C(C)C. The first-order chi connectivity index (χ1) is 23.0. The second kappa shape index (κ2) is 16.4. The van der Waals surface area contributed by atoms with Crippen LogP contribution in [0.15, 0.2) is 101 Å². The summed E-state index contributed by atoms with van der Waals surface area (Å²) < 4.78 is 5.80. The van der Waals surface area contributed by atoms with Gasteiger partial charge in [-0.1, -0.05) is 0 Å². The van der Waals surface area contributed by atoms with Crippen LogP contribution in [0.5, 0.6) is 0 Å². The van der Waals surface area contributed by atoms with E-state index in [0.29, 0.717) is 35.2 Å². The number of ketones is 1. The van der Waals surface area contributed by atoms with Crippen molar-refractivity contribution in [1.82, 2.24) is 0 Å². The smallest absolute Gasteiger partial charge is 0.245 e. The zero-order valence-electron chi connectivity index (χ0n) is 30.5. The third-order valence-electron chi connectivity index (χ3n) is 8.69. The highest BCUT2D eigenvalue weighted by Gasteiger charge is 2.29. The van der Waals surface area contributed by atoms with Gasteiger partial charge in [-0.15, -0.1) is 0 Å². The van der Waals surface area contributed by atoms with Gasteiger partial charge < -0.3 is 30.1 Å². The molecule has 1 aliphatic carbocycles. The summed E-state index contributed by atoms with van der Waals surface area (Å²) in [7, 11) is 1.53. The van der Waals surface area contributed by atoms with Crippen LogP contribution in [-0.2, 0) is 9.53 Å². The predicted octanol–water partition coefficient (Wildman–Crippen LogP) is 9.01. The van der Waals surface area contributed by atoms with Crippen molar-refractivity contribution in [2.45, 2.75) is 80.4 Å². The Hall–Kier alpha value is -4.72. The number of carbonyl (C=O) groups excluding carboxylic acids is 1. The number of benzene rings is 3. The minimum atomic E-state index is -0.250. The second-order valence-corrected chi connectivity index (χ2v) is 12.8. The Morgan fingerprint density at radius 1 is 0.625 bits per heavy atom. The lowest BCUT2D eigenvalue weighted by molar-refractivity contribution is -0.115. The Labute approximate surface area is 288 Å². The monoisotopic (exact) mass is 650 g/mol. The largest absolute Gasteiger partial charge is 0.491 e. The number of allylic oxidation sites excluding steroid dienone is 1. The summed E-state index contributed by atoms with van der Waals surface area (Å²) in [6, 6.07) is 25.8. The van der Waals surface area contributed by atoms with Crippen LogP contribution in [0, 0.1) is 0 Å². The van der Waals surface area contributed by atoms with Crippen LogP contribution < -0.4 is 25.3 Å². The van der Waals surface area contributed by atoms with Gasteiger partial charge in [-0.25, -0.2) is 4.99 Å². The minimum Gasteiger partial charge on any atom is -0.491 e. The highest BCUT2D eigenvalue weighted by Crippen LogP contribution is 2.30. The molecule has 0 saturated carbocycles. The molecule has 0 heterocycles. The zero-order chi connectivity index (χ0) is 35.0. The van der Waals surface area contributed by atoms with E-state index < -0.39 is 0 Å². The van der Waals surface area contributed by atoms with E-state index in [4.69, 9.17) is 9.73 Å². The molecule has 256 valence electrons. The maximum atomic E-state index is 13.9. The van der Waals surface area contributed by atoms with E-state index in [2.05, 4.69) is 124 Å². The van der Waals surface area contributed by atoms with Crippen LogP contribution in [-0.4, -0.2) is 56.4 Å². The molecule has 0 fully saturated rings. The molecule has 0 saturated heterocycles. The van der Waals surface area contributed by atoms with Crippen LogP contribution in [0.3, 0.4) is 0 Å². The highest BCUT2D eigenvalue weighted by molar-refractivity contribution is 6.26. The number of hydrogen-bond donors (Lipinski definition) is 2. The molecule has 0 aliphatic heterocycles. The average Bonchev–Trinajstić information content (AvgIpc) is 3.06. The molecule has 2 N–H and O–H groups in total. The van der Waals surface area contributed by atoms with Gasteiger partial charge in [-0.05, 0) is 141 Å². The number of Topliss-reactive ketones (excluding diaryl/α,β-unsaturated/α-hetero) is 1. The first-order valence-electron chi connectivity index (χ1n) is 17.3. The molecular formula is C40H54N6O2. The minimum absolute atomic E-state index is 0.197. The molecule has 0 unspecified atom stereocenters. The van der Waals surface area contributed by atoms with E-state index in [0.717, 1.165) is 53.8 Å². The number of rotatable bonds is 15. The van der Waals surface area contributed by atoms with Gasteiger partial charge in [0.25, 0.3) is 0 Å². The van der Waals surface area contributed by atoms with E-state index in [1.165, 1.54) is 7.11 Å². The van der Waals surface area contributed by atoms with Crippen LogP contribution >= 0.6 is 0 Å². The molecule has 0 bridgehead atoms. The van der Waals surface area contributed by atoms with E-state index in [1.807, 2.05) is 36.4 Å². The van der Waals surface area contributed by atoms with E-state index in [9.17, 15) is 4.79 Å². The summed E-state index contributed by atoms with van der Waals surface area (Å²) in [5, 5.41) is 6.82. The number of carbonyl (C=O) groups is 1. The van der Waals surface area contributed by atoms with Gasteiger partial charge in [0, 0.05) is 66.2 Å². The van der Waals surface area contributed by atoms with Crippen molar-refractivity contribution in [3.63, 3.8) is 0 Å². The Bertz CT molecular complexity index is 1600. The van der Waals surface area contributed by atoms with Gasteiger partial charge in [-0.2, -0.15) is 0 Å². The van der Waals surface area contributed by atoms with Gasteiger partial charge in [0.2, 0.25) is 5.78 Å². The third-order valence-corrected chi connectivity index (χ3v) is 8.69. The molecular weight excluding hydrogens is 596 g/mol. The maximum Gasteiger partial charge on any atom is 0.245 e. The Morgan fingerprint density at radius 3 is 1.40 bits per heavy atom. The fourth-order valence-electron chi connectivity index (χ4n) is 6.29. The summed E-state index contributed by atoms with van der Waals surface area (Å²) >= 11 is 0. The van der Waals surface area contributed by atoms with Crippen LogP contribution in [0.1, 0.15) is 62.3 Å². The lowest BCUT2D eigenvalue weighted by Gasteiger charge is -2.28. The van der Waals surface area contributed by atoms with Gasteiger partial charge in [0.05, 0.1) is 24.2 Å². The summed E-state index contributed by atoms with van der Waals surface area (Å²) in [5.41, 5.74) is 7.34. The fourth-order valence-corrected chi connectivity index (χ4v) is 6.29. The van der Waals surface area contributed by atoms with Crippen LogP contribution in [0.4, 0.5) is 34.1 Å². The molecule has 8 nitrogen and oxygen atoms in total. The lowest BCUT2D eigenvalue weighted by atomic mass is 10.0. The number of aliphatic imine (C=N–C) groups is 1. The summed E-state index contributed by atoms with van der Waals surface area (Å²) in [5.74, 6) is -0.0535. The van der Waals surface area contributed by atoms with Crippen molar-refractivity contribution >= 4 is 45.6 Å². The number of hydrogen-bond acceptors (Lipinski definition) is 8. The molecule has 3 aromatic carbocycles. The topological polar surface area (TPSA) is 72.4 Å². The normalized spacial score (nSPS) is 14.1. The molecule has 0 spiro atoms. The number of ether oxygens (including phenoxy) is 1. The maximum absolute atomic E-state index is 13.9. The second-order valence-electron chi connectivity index (χ2n) is 12.8. The summed E-state index contributed by atoms with van der Waals surface area (Å²) in [6.07, 6.45) is 1.81. The average molecular weight is 651 g/mol. The first kappa shape index (κ1) is 36.1. The Kier molecular flexibility index (Phi) is 12.3.